The third-order valence-electron chi connectivity index (χ3n) is 4.56. The number of amides is 3. The molecule has 184 valence electrons. The molecular formula is C19H35N5O7S. The monoisotopic (exact) mass is 477 g/mol. The van der Waals surface area contributed by atoms with Gasteiger partial charge in [0.1, 0.15) is 18.1 Å². The lowest BCUT2D eigenvalue weighted by Gasteiger charge is -2.23. The fourth-order valence-electron chi connectivity index (χ4n) is 2.62. The van der Waals surface area contributed by atoms with Crippen molar-refractivity contribution in [1.82, 2.24) is 16.0 Å². The van der Waals surface area contributed by atoms with Crippen molar-refractivity contribution in [2.24, 2.45) is 11.5 Å². The zero-order valence-electron chi connectivity index (χ0n) is 18.5. The lowest BCUT2D eigenvalue weighted by atomic mass is 10.1. The maximum Gasteiger partial charge on any atom is 0.326 e. The van der Waals surface area contributed by atoms with Crippen LogP contribution in [0.1, 0.15) is 45.4 Å². The third-order valence-corrected chi connectivity index (χ3v) is 5.21. The summed E-state index contributed by atoms with van der Waals surface area (Å²) in [5, 5.41) is 25.2. The molecule has 0 radical (unpaired) electrons. The van der Waals surface area contributed by atoms with Crippen molar-refractivity contribution in [2.75, 3.05) is 18.6 Å². The van der Waals surface area contributed by atoms with Crippen molar-refractivity contribution < 1.29 is 34.2 Å². The fourth-order valence-corrected chi connectivity index (χ4v) is 3.10. The van der Waals surface area contributed by atoms with Gasteiger partial charge in [-0.1, -0.05) is 6.42 Å². The summed E-state index contributed by atoms with van der Waals surface area (Å²) in [5.41, 5.74) is 11.2. The largest absolute Gasteiger partial charge is 0.481 e. The molecule has 3 amide bonds. The number of carbonyl (C=O) groups excluding carboxylic acids is 3. The van der Waals surface area contributed by atoms with Gasteiger partial charge in [0.25, 0.3) is 0 Å². The zero-order valence-corrected chi connectivity index (χ0v) is 19.3. The first kappa shape index (κ1) is 29.6. The molecule has 0 aromatic heterocycles. The minimum atomic E-state index is -1.41. The first-order valence-corrected chi connectivity index (χ1v) is 11.7. The number of nitrogens with two attached hydrogens (primary N) is 2. The van der Waals surface area contributed by atoms with Crippen molar-refractivity contribution >= 4 is 41.4 Å². The minimum Gasteiger partial charge on any atom is -0.481 e. The predicted octanol–water partition coefficient (Wildman–Crippen LogP) is -1.38. The van der Waals surface area contributed by atoms with Crippen LogP contribution in [0.15, 0.2) is 0 Å². The average molecular weight is 478 g/mol. The van der Waals surface area contributed by atoms with Crippen LogP contribution >= 0.6 is 11.8 Å². The van der Waals surface area contributed by atoms with Crippen molar-refractivity contribution in [2.45, 2.75) is 69.6 Å². The molecule has 0 aliphatic carbocycles. The zero-order chi connectivity index (χ0) is 24.7. The van der Waals surface area contributed by atoms with Gasteiger partial charge in [-0.05, 0) is 51.2 Å². The number of carbonyl (C=O) groups is 5. The highest BCUT2D eigenvalue weighted by Gasteiger charge is 2.28. The third kappa shape index (κ3) is 12.5. The lowest BCUT2D eigenvalue weighted by Crippen LogP contribution is -2.56. The Labute approximate surface area is 191 Å². The highest BCUT2D eigenvalue weighted by Crippen LogP contribution is 2.05. The summed E-state index contributed by atoms with van der Waals surface area (Å²) >= 11 is 1.43. The molecule has 0 rings (SSSR count). The van der Waals surface area contributed by atoms with Crippen LogP contribution in [0.4, 0.5) is 0 Å². The summed E-state index contributed by atoms with van der Waals surface area (Å²) in [5.74, 6) is -3.96. The second kappa shape index (κ2) is 16.3. The number of hydrogen-bond acceptors (Lipinski definition) is 8. The van der Waals surface area contributed by atoms with E-state index in [-0.39, 0.29) is 12.8 Å². The minimum absolute atomic E-state index is 0.212. The molecule has 13 heteroatoms. The van der Waals surface area contributed by atoms with Crippen LogP contribution in [0.3, 0.4) is 0 Å². The molecule has 0 fully saturated rings. The van der Waals surface area contributed by atoms with Gasteiger partial charge in [-0.2, -0.15) is 11.8 Å². The quantitative estimate of drug-likeness (QED) is 0.122. The number of nitrogens with one attached hydrogen (secondary N) is 3. The van der Waals surface area contributed by atoms with E-state index in [1.807, 2.05) is 0 Å². The smallest absolute Gasteiger partial charge is 0.326 e. The number of carboxylic acids is 2. The molecule has 0 aliphatic heterocycles. The number of thioether (sulfide) groups is 1. The highest BCUT2D eigenvalue weighted by molar-refractivity contribution is 7.98. The molecule has 12 nitrogen and oxygen atoms in total. The Kier molecular flexibility index (Phi) is 15.1. The summed E-state index contributed by atoms with van der Waals surface area (Å²) in [6.07, 6.45) is 3.11. The molecule has 9 N–H and O–H groups in total. The van der Waals surface area contributed by atoms with E-state index in [9.17, 15) is 29.1 Å². The first-order chi connectivity index (χ1) is 15.0. The molecule has 0 aromatic rings. The van der Waals surface area contributed by atoms with Crippen LogP contribution in [0.5, 0.6) is 0 Å². The van der Waals surface area contributed by atoms with Gasteiger partial charge in [0.05, 0.1) is 6.04 Å². The van der Waals surface area contributed by atoms with Crippen molar-refractivity contribution in [1.29, 1.82) is 0 Å². The van der Waals surface area contributed by atoms with Crippen LogP contribution in [0.25, 0.3) is 0 Å². The molecule has 0 saturated heterocycles. The van der Waals surface area contributed by atoms with Crippen LogP contribution in [-0.4, -0.2) is 82.6 Å². The highest BCUT2D eigenvalue weighted by atomic mass is 32.2. The van der Waals surface area contributed by atoms with E-state index >= 15 is 0 Å². The van der Waals surface area contributed by atoms with Crippen molar-refractivity contribution in [3.8, 4) is 0 Å². The van der Waals surface area contributed by atoms with Crippen LogP contribution in [0, 0.1) is 0 Å². The molecule has 4 unspecified atom stereocenters. The fraction of sp³-hybridized carbons (Fsp3) is 0.737. The van der Waals surface area contributed by atoms with Gasteiger partial charge in [0.15, 0.2) is 0 Å². The van der Waals surface area contributed by atoms with Crippen LogP contribution in [-0.2, 0) is 24.0 Å². The molecule has 0 aromatic carbocycles. The molecule has 0 heterocycles. The van der Waals surface area contributed by atoms with Crippen LogP contribution in [0.2, 0.25) is 0 Å². The summed E-state index contributed by atoms with van der Waals surface area (Å²) in [7, 11) is 0. The maximum absolute atomic E-state index is 12.6. The first-order valence-electron chi connectivity index (χ1n) is 10.3. The predicted molar refractivity (Wildman–Crippen MR) is 120 cm³/mol. The van der Waals surface area contributed by atoms with Gasteiger partial charge < -0.3 is 37.6 Å². The van der Waals surface area contributed by atoms with Gasteiger partial charge in [0.2, 0.25) is 17.7 Å². The van der Waals surface area contributed by atoms with Gasteiger partial charge in [-0.15, -0.1) is 0 Å². The van der Waals surface area contributed by atoms with Crippen LogP contribution < -0.4 is 27.4 Å². The summed E-state index contributed by atoms with van der Waals surface area (Å²) < 4.78 is 0. The summed E-state index contributed by atoms with van der Waals surface area (Å²) in [6, 6.07) is -4.23. The van der Waals surface area contributed by atoms with Gasteiger partial charge in [-0.3, -0.25) is 19.2 Å². The SMILES string of the molecule is CSCCC(NC(=O)C(C)NC(=O)C(N)CCCCN)C(=O)NC(CCC(=O)O)C(=O)O. The van der Waals surface area contributed by atoms with E-state index in [1.165, 1.54) is 18.7 Å². The maximum atomic E-state index is 12.6. The number of hydrogen-bond donors (Lipinski definition) is 7. The summed E-state index contributed by atoms with van der Waals surface area (Å²) in [4.78, 5) is 59.3. The molecular weight excluding hydrogens is 442 g/mol. The van der Waals surface area contributed by atoms with Gasteiger partial charge in [0, 0.05) is 6.42 Å². The van der Waals surface area contributed by atoms with Crippen molar-refractivity contribution in [3.05, 3.63) is 0 Å². The van der Waals surface area contributed by atoms with Gasteiger partial charge in [-0.25, -0.2) is 4.79 Å². The van der Waals surface area contributed by atoms with E-state index in [2.05, 4.69) is 16.0 Å². The Hall–Kier alpha value is -2.38. The average Bonchev–Trinajstić information content (AvgIpc) is 2.73. The Morgan fingerprint density at radius 1 is 0.875 bits per heavy atom. The van der Waals surface area contributed by atoms with Gasteiger partial charge >= 0.3 is 11.9 Å². The van der Waals surface area contributed by atoms with E-state index < -0.39 is 60.2 Å². The second-order valence-corrected chi connectivity index (χ2v) is 8.28. The van der Waals surface area contributed by atoms with E-state index in [1.54, 1.807) is 6.26 Å². The van der Waals surface area contributed by atoms with Crippen molar-refractivity contribution in [3.63, 3.8) is 0 Å². The standard InChI is InChI=1S/C19H35N5O7S/c1-11(22-17(28)12(21)5-3-4-9-20)16(27)23-13(8-10-32-2)18(29)24-14(19(30)31)6-7-15(25)26/h11-14H,3-10,20-21H2,1-2H3,(H,22,28)(H,23,27)(H,24,29)(H,25,26)(H,30,31). The number of unbranched alkanes of at least 4 members (excludes halogenated alkanes) is 1. The lowest BCUT2D eigenvalue weighted by molar-refractivity contribution is -0.143. The Bertz CT molecular complexity index is 650. The Morgan fingerprint density at radius 2 is 1.50 bits per heavy atom. The topological polar surface area (TPSA) is 214 Å². The molecule has 4 atom stereocenters. The van der Waals surface area contributed by atoms with E-state index in [4.69, 9.17) is 16.6 Å². The number of rotatable bonds is 17. The Balaban J connectivity index is 4.98. The Morgan fingerprint density at radius 3 is 2.03 bits per heavy atom. The van der Waals surface area contributed by atoms with E-state index in [0.717, 1.165) is 6.42 Å². The normalized spacial score (nSPS) is 14.5. The summed E-state index contributed by atoms with van der Waals surface area (Å²) in [6.45, 7) is 1.93. The molecule has 0 bridgehead atoms. The number of aliphatic carboxylic acids is 2. The van der Waals surface area contributed by atoms with E-state index in [0.29, 0.717) is 25.1 Å². The molecule has 0 spiro atoms. The molecule has 0 aliphatic rings. The number of carboxylic acid groups (broad SMARTS) is 2. The molecule has 0 saturated carbocycles. The molecule has 32 heavy (non-hydrogen) atoms. The second-order valence-electron chi connectivity index (χ2n) is 7.30.